The summed E-state index contributed by atoms with van der Waals surface area (Å²) >= 11 is 0. The molecule has 0 aliphatic heterocycles. The minimum atomic E-state index is -0.838. The van der Waals surface area contributed by atoms with Gasteiger partial charge >= 0.3 is 5.97 Å². The SMILES string of the molecule is Cc1cccc(-c2nnc(CC(C)(C)CC(=O)O)o2)n1. The van der Waals surface area contributed by atoms with Crippen LogP contribution in [-0.4, -0.2) is 26.3 Å². The molecule has 0 amide bonds. The van der Waals surface area contributed by atoms with Crippen molar-refractivity contribution in [1.82, 2.24) is 15.2 Å². The lowest BCUT2D eigenvalue weighted by atomic mass is 9.86. The van der Waals surface area contributed by atoms with E-state index in [0.717, 1.165) is 5.69 Å². The summed E-state index contributed by atoms with van der Waals surface area (Å²) in [6.45, 7) is 5.60. The molecule has 0 atom stereocenters. The second kappa shape index (κ2) is 5.40. The Labute approximate surface area is 116 Å². The zero-order valence-electron chi connectivity index (χ0n) is 11.8. The number of aliphatic carboxylic acids is 1. The van der Waals surface area contributed by atoms with Gasteiger partial charge in [-0.25, -0.2) is 4.98 Å². The molecule has 0 saturated carbocycles. The molecule has 0 fully saturated rings. The summed E-state index contributed by atoms with van der Waals surface area (Å²) in [5.41, 5.74) is 1.06. The Morgan fingerprint density at radius 1 is 1.35 bits per heavy atom. The predicted octanol–water partition coefficient (Wildman–Crippen LogP) is 2.48. The normalized spacial score (nSPS) is 11.6. The summed E-state index contributed by atoms with van der Waals surface area (Å²) in [4.78, 5) is 15.1. The molecule has 0 bridgehead atoms. The molecule has 0 unspecified atom stereocenters. The van der Waals surface area contributed by atoms with E-state index in [9.17, 15) is 4.79 Å². The highest BCUT2D eigenvalue weighted by Crippen LogP contribution is 2.26. The minimum absolute atomic E-state index is 0.0490. The quantitative estimate of drug-likeness (QED) is 0.901. The third kappa shape index (κ3) is 3.63. The van der Waals surface area contributed by atoms with E-state index in [0.29, 0.717) is 23.9 Å². The largest absolute Gasteiger partial charge is 0.481 e. The van der Waals surface area contributed by atoms with Gasteiger partial charge in [0.2, 0.25) is 5.89 Å². The highest BCUT2D eigenvalue weighted by atomic mass is 16.4. The molecule has 106 valence electrons. The second-order valence-electron chi connectivity index (χ2n) is 5.58. The van der Waals surface area contributed by atoms with Crippen molar-refractivity contribution in [1.29, 1.82) is 0 Å². The van der Waals surface area contributed by atoms with E-state index in [1.165, 1.54) is 0 Å². The third-order valence-corrected chi connectivity index (χ3v) is 2.83. The van der Waals surface area contributed by atoms with Crippen molar-refractivity contribution >= 4 is 5.97 Å². The second-order valence-corrected chi connectivity index (χ2v) is 5.58. The van der Waals surface area contributed by atoms with Gasteiger partial charge in [-0.3, -0.25) is 4.79 Å². The van der Waals surface area contributed by atoms with Crippen molar-refractivity contribution in [2.45, 2.75) is 33.6 Å². The molecule has 20 heavy (non-hydrogen) atoms. The number of aryl methyl sites for hydroxylation is 1. The van der Waals surface area contributed by atoms with Crippen LogP contribution in [-0.2, 0) is 11.2 Å². The van der Waals surface area contributed by atoms with Crippen LogP contribution in [0.2, 0.25) is 0 Å². The summed E-state index contributed by atoms with van der Waals surface area (Å²) in [5.74, 6) is -0.0560. The lowest BCUT2D eigenvalue weighted by Crippen LogP contribution is -2.19. The number of carbonyl (C=O) groups is 1. The molecule has 0 aromatic carbocycles. The maximum absolute atomic E-state index is 10.8. The highest BCUT2D eigenvalue weighted by molar-refractivity contribution is 5.67. The molecule has 2 rings (SSSR count). The fraction of sp³-hybridized carbons (Fsp3) is 0.429. The number of carboxylic acid groups (broad SMARTS) is 1. The van der Waals surface area contributed by atoms with Crippen LogP contribution in [0.5, 0.6) is 0 Å². The van der Waals surface area contributed by atoms with Crippen molar-refractivity contribution < 1.29 is 14.3 Å². The average Bonchev–Trinajstić information content (AvgIpc) is 2.74. The lowest BCUT2D eigenvalue weighted by Gasteiger charge is -2.19. The molecule has 2 aromatic heterocycles. The van der Waals surface area contributed by atoms with E-state index < -0.39 is 11.4 Å². The Kier molecular flexibility index (Phi) is 3.83. The Morgan fingerprint density at radius 2 is 2.10 bits per heavy atom. The van der Waals surface area contributed by atoms with Crippen LogP contribution in [0.25, 0.3) is 11.6 Å². The van der Waals surface area contributed by atoms with Crippen LogP contribution in [0.3, 0.4) is 0 Å². The van der Waals surface area contributed by atoms with E-state index in [2.05, 4.69) is 15.2 Å². The van der Waals surface area contributed by atoms with Gasteiger partial charge in [0, 0.05) is 12.1 Å². The molecule has 1 N–H and O–H groups in total. The first kappa shape index (κ1) is 14.2. The Balaban J connectivity index is 2.15. The summed E-state index contributed by atoms with van der Waals surface area (Å²) in [5, 5.41) is 16.8. The summed E-state index contributed by atoms with van der Waals surface area (Å²) < 4.78 is 5.56. The fourth-order valence-electron chi connectivity index (χ4n) is 1.97. The van der Waals surface area contributed by atoms with E-state index in [4.69, 9.17) is 9.52 Å². The van der Waals surface area contributed by atoms with Gasteiger partial charge in [0.25, 0.3) is 5.89 Å². The zero-order chi connectivity index (χ0) is 14.8. The third-order valence-electron chi connectivity index (χ3n) is 2.83. The van der Waals surface area contributed by atoms with Crippen molar-refractivity contribution in [2.75, 3.05) is 0 Å². The molecule has 6 heteroatoms. The molecule has 0 aliphatic rings. The number of pyridine rings is 1. The van der Waals surface area contributed by atoms with Gasteiger partial charge in [-0.1, -0.05) is 19.9 Å². The molecule has 0 saturated heterocycles. The van der Waals surface area contributed by atoms with Crippen LogP contribution >= 0.6 is 0 Å². The predicted molar refractivity (Wildman–Crippen MR) is 72.0 cm³/mol. The van der Waals surface area contributed by atoms with Gasteiger partial charge in [0.15, 0.2) is 0 Å². The first-order chi connectivity index (χ1) is 9.35. The summed E-state index contributed by atoms with van der Waals surface area (Å²) in [6, 6.07) is 5.55. The van der Waals surface area contributed by atoms with Crippen molar-refractivity contribution in [2.24, 2.45) is 5.41 Å². The monoisotopic (exact) mass is 275 g/mol. The van der Waals surface area contributed by atoms with Gasteiger partial charge in [0.05, 0.1) is 6.42 Å². The topological polar surface area (TPSA) is 89.1 Å². The highest BCUT2D eigenvalue weighted by Gasteiger charge is 2.25. The van der Waals surface area contributed by atoms with Crippen molar-refractivity contribution in [3.05, 3.63) is 29.8 Å². The molecule has 0 radical (unpaired) electrons. The van der Waals surface area contributed by atoms with E-state index in [1.807, 2.05) is 32.9 Å². The minimum Gasteiger partial charge on any atom is -0.481 e. The average molecular weight is 275 g/mol. The zero-order valence-corrected chi connectivity index (χ0v) is 11.8. The Hall–Kier alpha value is -2.24. The summed E-state index contributed by atoms with van der Waals surface area (Å²) in [7, 11) is 0. The number of hydrogen-bond acceptors (Lipinski definition) is 5. The van der Waals surface area contributed by atoms with Crippen LogP contribution in [0, 0.1) is 12.3 Å². The van der Waals surface area contributed by atoms with Crippen LogP contribution in [0.15, 0.2) is 22.6 Å². The molecule has 0 aliphatic carbocycles. The fourth-order valence-corrected chi connectivity index (χ4v) is 1.97. The van der Waals surface area contributed by atoms with E-state index in [1.54, 1.807) is 6.07 Å². The summed E-state index contributed by atoms with van der Waals surface area (Å²) in [6.07, 6.45) is 0.464. The van der Waals surface area contributed by atoms with E-state index >= 15 is 0 Å². The smallest absolute Gasteiger partial charge is 0.303 e. The number of nitrogens with zero attached hydrogens (tertiary/aromatic N) is 3. The number of hydrogen-bond donors (Lipinski definition) is 1. The number of carboxylic acids is 1. The maximum Gasteiger partial charge on any atom is 0.303 e. The van der Waals surface area contributed by atoms with Gasteiger partial charge < -0.3 is 9.52 Å². The molecular formula is C14H17N3O3. The molecule has 6 nitrogen and oxygen atoms in total. The number of rotatable bonds is 5. The van der Waals surface area contributed by atoms with Gasteiger partial charge in [-0.15, -0.1) is 10.2 Å². The van der Waals surface area contributed by atoms with Crippen molar-refractivity contribution in [3.63, 3.8) is 0 Å². The standard InChI is InChI=1S/C14H17N3O3/c1-9-5-4-6-10(15-9)13-17-16-11(20-13)7-14(2,3)8-12(18)19/h4-6H,7-8H2,1-3H3,(H,18,19). The maximum atomic E-state index is 10.8. The molecule has 2 heterocycles. The molecule has 0 spiro atoms. The Morgan fingerprint density at radius 3 is 2.75 bits per heavy atom. The van der Waals surface area contributed by atoms with Gasteiger partial charge in [-0.05, 0) is 24.5 Å². The first-order valence-corrected chi connectivity index (χ1v) is 6.34. The van der Waals surface area contributed by atoms with Gasteiger partial charge in [-0.2, -0.15) is 0 Å². The van der Waals surface area contributed by atoms with Crippen molar-refractivity contribution in [3.8, 4) is 11.6 Å². The molecule has 2 aromatic rings. The lowest BCUT2D eigenvalue weighted by molar-refractivity contribution is -0.139. The number of aromatic nitrogens is 3. The molecular weight excluding hydrogens is 258 g/mol. The van der Waals surface area contributed by atoms with Crippen LogP contribution in [0.1, 0.15) is 31.9 Å². The van der Waals surface area contributed by atoms with Gasteiger partial charge in [0.1, 0.15) is 5.69 Å². The Bertz CT molecular complexity index is 620. The first-order valence-electron chi connectivity index (χ1n) is 6.34. The van der Waals surface area contributed by atoms with Crippen LogP contribution < -0.4 is 0 Å². The van der Waals surface area contributed by atoms with Crippen LogP contribution in [0.4, 0.5) is 0 Å². The van der Waals surface area contributed by atoms with E-state index in [-0.39, 0.29) is 6.42 Å².